The Bertz CT molecular complexity index is 397. The summed E-state index contributed by atoms with van der Waals surface area (Å²) in [5.74, 6) is 0. The number of hydrogen-bond donors (Lipinski definition) is 1. The van der Waals surface area contributed by atoms with Gasteiger partial charge in [0.15, 0.2) is 0 Å². The maximum atomic E-state index is 12.1. The van der Waals surface area contributed by atoms with Crippen LogP contribution in [-0.4, -0.2) is 36.3 Å². The molecule has 0 spiro atoms. The number of benzene rings is 1. The molecule has 0 saturated heterocycles. The van der Waals surface area contributed by atoms with Gasteiger partial charge in [0.25, 0.3) is 0 Å². The summed E-state index contributed by atoms with van der Waals surface area (Å²) in [5.41, 5.74) is 2.82. The summed E-state index contributed by atoms with van der Waals surface area (Å²) >= 11 is 0. The average molecular weight is 275 g/mol. The quantitative estimate of drug-likeness (QED) is 0.892. The Morgan fingerprint density at radius 1 is 1.16 bits per heavy atom. The zero-order valence-electron chi connectivity index (χ0n) is 11.5. The molecule has 0 radical (unpaired) electrons. The van der Waals surface area contributed by atoms with E-state index in [0.29, 0.717) is 0 Å². The first kappa shape index (κ1) is 16.0. The van der Waals surface area contributed by atoms with Gasteiger partial charge in [0.05, 0.1) is 12.5 Å². The number of hydrogen-bond acceptors (Lipinski definition) is 2. The number of nitrogens with zero attached hydrogens (tertiary/aromatic N) is 1. The molecule has 0 fully saturated rings. The van der Waals surface area contributed by atoms with Crippen molar-refractivity contribution in [2.24, 2.45) is 0 Å². The predicted octanol–water partition coefficient (Wildman–Crippen LogP) is 3.22. The molecule has 108 valence electrons. The molecule has 1 N–H and O–H groups in total. The fraction of sp³-hybridized carbons (Fsp3) is 0.571. The molecule has 0 aliphatic heterocycles. The van der Waals surface area contributed by atoms with Crippen molar-refractivity contribution in [3.05, 3.63) is 34.9 Å². The van der Waals surface area contributed by atoms with Crippen LogP contribution in [0.5, 0.6) is 0 Å². The summed E-state index contributed by atoms with van der Waals surface area (Å²) in [6.07, 6.45) is -5.78. The molecule has 0 amide bonds. The standard InChI is InChI=1S/C14H20F3NO/c1-10-6-11(2)8-12(7-10)13(19)9-18(3)5-4-14(15,16)17/h6-8,13,19H,4-5,9H2,1-3H3. The molecule has 19 heavy (non-hydrogen) atoms. The van der Waals surface area contributed by atoms with Crippen molar-refractivity contribution in [1.82, 2.24) is 4.90 Å². The van der Waals surface area contributed by atoms with Crippen LogP contribution in [0, 0.1) is 13.8 Å². The van der Waals surface area contributed by atoms with Crippen LogP contribution in [0.2, 0.25) is 0 Å². The van der Waals surface area contributed by atoms with Crippen LogP contribution >= 0.6 is 0 Å². The summed E-state index contributed by atoms with van der Waals surface area (Å²) in [6, 6.07) is 5.70. The van der Waals surface area contributed by atoms with E-state index in [-0.39, 0.29) is 13.1 Å². The van der Waals surface area contributed by atoms with Crippen molar-refractivity contribution in [3.8, 4) is 0 Å². The van der Waals surface area contributed by atoms with Crippen molar-refractivity contribution in [2.45, 2.75) is 32.5 Å². The predicted molar refractivity (Wildman–Crippen MR) is 69.0 cm³/mol. The Labute approximate surface area is 111 Å². The van der Waals surface area contributed by atoms with E-state index >= 15 is 0 Å². The molecule has 0 saturated carbocycles. The molecule has 1 unspecified atom stereocenters. The molecule has 2 nitrogen and oxygen atoms in total. The number of aliphatic hydroxyl groups is 1. The monoisotopic (exact) mass is 275 g/mol. The molecule has 0 aliphatic rings. The molecule has 0 aliphatic carbocycles. The fourth-order valence-corrected chi connectivity index (χ4v) is 2.01. The van der Waals surface area contributed by atoms with Gasteiger partial charge < -0.3 is 10.0 Å². The van der Waals surface area contributed by atoms with E-state index < -0.39 is 18.7 Å². The number of aliphatic hydroxyl groups excluding tert-OH is 1. The van der Waals surface area contributed by atoms with Gasteiger partial charge >= 0.3 is 6.18 Å². The third-order valence-electron chi connectivity index (χ3n) is 2.89. The highest BCUT2D eigenvalue weighted by atomic mass is 19.4. The lowest BCUT2D eigenvalue weighted by atomic mass is 10.0. The van der Waals surface area contributed by atoms with Crippen LogP contribution < -0.4 is 0 Å². The number of alkyl halides is 3. The normalized spacial score (nSPS) is 13.9. The van der Waals surface area contributed by atoms with E-state index in [1.165, 1.54) is 4.90 Å². The molecule has 1 aromatic carbocycles. The first-order chi connectivity index (χ1) is 8.67. The Hall–Kier alpha value is -1.07. The van der Waals surface area contributed by atoms with E-state index in [4.69, 9.17) is 0 Å². The SMILES string of the molecule is Cc1cc(C)cc(C(O)CN(C)CCC(F)(F)F)c1. The van der Waals surface area contributed by atoms with Crippen LogP contribution in [0.15, 0.2) is 18.2 Å². The summed E-state index contributed by atoms with van der Waals surface area (Å²) in [6.45, 7) is 3.94. The van der Waals surface area contributed by atoms with Gasteiger partial charge in [-0.1, -0.05) is 29.3 Å². The van der Waals surface area contributed by atoms with Gasteiger partial charge in [0.1, 0.15) is 0 Å². The Morgan fingerprint density at radius 2 is 1.68 bits per heavy atom. The lowest BCUT2D eigenvalue weighted by molar-refractivity contribution is -0.137. The molecule has 5 heteroatoms. The van der Waals surface area contributed by atoms with Gasteiger partial charge in [-0.3, -0.25) is 0 Å². The van der Waals surface area contributed by atoms with E-state index in [2.05, 4.69) is 0 Å². The van der Waals surface area contributed by atoms with Gasteiger partial charge in [-0.2, -0.15) is 13.2 Å². The Morgan fingerprint density at radius 3 is 2.16 bits per heavy atom. The Balaban J connectivity index is 2.56. The van der Waals surface area contributed by atoms with Crippen LogP contribution in [-0.2, 0) is 0 Å². The highest BCUT2D eigenvalue weighted by Crippen LogP contribution is 2.21. The van der Waals surface area contributed by atoms with E-state index in [1.54, 1.807) is 7.05 Å². The van der Waals surface area contributed by atoms with Gasteiger partial charge in [-0.05, 0) is 26.5 Å². The van der Waals surface area contributed by atoms with Gasteiger partial charge in [-0.15, -0.1) is 0 Å². The second-order valence-electron chi connectivity index (χ2n) is 5.06. The molecule has 0 bridgehead atoms. The van der Waals surface area contributed by atoms with Crippen molar-refractivity contribution in [2.75, 3.05) is 20.1 Å². The number of rotatable bonds is 5. The number of aryl methyl sites for hydroxylation is 2. The molecular formula is C14H20F3NO. The minimum absolute atomic E-state index is 0.106. The lowest BCUT2D eigenvalue weighted by Crippen LogP contribution is -2.28. The summed E-state index contributed by atoms with van der Waals surface area (Å²) in [7, 11) is 1.58. The van der Waals surface area contributed by atoms with Crippen LogP contribution in [0.1, 0.15) is 29.2 Å². The first-order valence-electron chi connectivity index (χ1n) is 6.19. The smallest absolute Gasteiger partial charge is 0.387 e. The molecule has 0 aromatic heterocycles. The highest BCUT2D eigenvalue weighted by Gasteiger charge is 2.27. The van der Waals surface area contributed by atoms with E-state index in [1.807, 2.05) is 32.0 Å². The van der Waals surface area contributed by atoms with E-state index in [9.17, 15) is 18.3 Å². The average Bonchev–Trinajstić information content (AvgIpc) is 2.24. The van der Waals surface area contributed by atoms with Crippen molar-refractivity contribution < 1.29 is 18.3 Å². The highest BCUT2D eigenvalue weighted by molar-refractivity contribution is 5.30. The minimum Gasteiger partial charge on any atom is -0.387 e. The fourth-order valence-electron chi connectivity index (χ4n) is 2.01. The summed E-state index contributed by atoms with van der Waals surface area (Å²) < 4.78 is 36.3. The van der Waals surface area contributed by atoms with E-state index in [0.717, 1.165) is 16.7 Å². The molecule has 0 heterocycles. The molecule has 1 atom stereocenters. The van der Waals surface area contributed by atoms with Crippen LogP contribution in [0.3, 0.4) is 0 Å². The summed E-state index contributed by atoms with van der Waals surface area (Å²) in [5, 5.41) is 10.0. The molecule has 1 aromatic rings. The zero-order chi connectivity index (χ0) is 14.6. The minimum atomic E-state index is -4.15. The lowest BCUT2D eigenvalue weighted by Gasteiger charge is -2.21. The Kier molecular flexibility index (Phi) is 5.38. The molecular weight excluding hydrogens is 255 g/mol. The van der Waals surface area contributed by atoms with Gasteiger partial charge in [-0.25, -0.2) is 0 Å². The maximum absolute atomic E-state index is 12.1. The van der Waals surface area contributed by atoms with Crippen molar-refractivity contribution >= 4 is 0 Å². The number of likely N-dealkylation sites (N-methyl/N-ethyl adjacent to an activating group) is 1. The van der Waals surface area contributed by atoms with Crippen molar-refractivity contribution in [3.63, 3.8) is 0 Å². The van der Waals surface area contributed by atoms with Gasteiger partial charge in [0.2, 0.25) is 0 Å². The van der Waals surface area contributed by atoms with Crippen molar-refractivity contribution in [1.29, 1.82) is 0 Å². The third-order valence-corrected chi connectivity index (χ3v) is 2.89. The van der Waals surface area contributed by atoms with Crippen LogP contribution in [0.25, 0.3) is 0 Å². The summed E-state index contributed by atoms with van der Waals surface area (Å²) in [4.78, 5) is 1.50. The third kappa shape index (κ3) is 6.07. The van der Waals surface area contributed by atoms with Crippen LogP contribution in [0.4, 0.5) is 13.2 Å². The van der Waals surface area contributed by atoms with Gasteiger partial charge in [0, 0.05) is 13.1 Å². The second kappa shape index (κ2) is 6.39. The largest absolute Gasteiger partial charge is 0.390 e. The first-order valence-corrected chi connectivity index (χ1v) is 6.19. The maximum Gasteiger partial charge on any atom is 0.390 e. The number of halogens is 3. The molecule has 1 rings (SSSR count). The second-order valence-corrected chi connectivity index (χ2v) is 5.06. The zero-order valence-corrected chi connectivity index (χ0v) is 11.5. The topological polar surface area (TPSA) is 23.5 Å².